The Labute approximate surface area is 154 Å². The molecule has 140 valence electrons. The van der Waals surface area contributed by atoms with Gasteiger partial charge in [0.1, 0.15) is 0 Å². The Morgan fingerprint density at radius 1 is 1.23 bits per heavy atom. The average Bonchev–Trinajstić information content (AvgIpc) is 2.97. The maximum Gasteiger partial charge on any atom is 0.229 e. The molecule has 6 heteroatoms. The summed E-state index contributed by atoms with van der Waals surface area (Å²) in [6.07, 6.45) is 4.05. The van der Waals surface area contributed by atoms with Crippen molar-refractivity contribution in [3.8, 4) is 0 Å². The summed E-state index contributed by atoms with van der Waals surface area (Å²) >= 11 is 0. The van der Waals surface area contributed by atoms with Gasteiger partial charge in [-0.3, -0.25) is 14.4 Å². The molecule has 1 aromatic rings. The van der Waals surface area contributed by atoms with Crippen molar-refractivity contribution in [3.05, 3.63) is 29.8 Å². The van der Waals surface area contributed by atoms with Crippen LogP contribution in [0.15, 0.2) is 24.3 Å². The molecule has 2 aliphatic heterocycles. The van der Waals surface area contributed by atoms with Crippen LogP contribution >= 0.6 is 0 Å². The lowest BCUT2D eigenvalue weighted by Crippen LogP contribution is -2.38. The van der Waals surface area contributed by atoms with Gasteiger partial charge >= 0.3 is 0 Å². The number of hydrogen-bond donors (Lipinski definition) is 1. The van der Waals surface area contributed by atoms with Crippen LogP contribution in [0, 0.1) is 6.92 Å². The molecule has 0 saturated carbocycles. The highest BCUT2D eigenvalue weighted by atomic mass is 16.2. The third-order valence-electron chi connectivity index (χ3n) is 5.06. The normalized spacial score (nSPS) is 20.6. The molecule has 0 spiro atoms. The van der Waals surface area contributed by atoms with E-state index in [1.807, 2.05) is 36.1 Å². The molecular formula is C20H27N3O3. The zero-order valence-corrected chi connectivity index (χ0v) is 15.4. The number of benzene rings is 1. The van der Waals surface area contributed by atoms with Gasteiger partial charge in [-0.25, -0.2) is 0 Å². The van der Waals surface area contributed by atoms with E-state index in [1.54, 1.807) is 4.90 Å². The van der Waals surface area contributed by atoms with Gasteiger partial charge in [0.2, 0.25) is 17.7 Å². The van der Waals surface area contributed by atoms with Crippen LogP contribution in [0.1, 0.15) is 44.1 Å². The molecule has 3 amide bonds. The lowest BCUT2D eigenvalue weighted by atomic mass is 10.1. The summed E-state index contributed by atoms with van der Waals surface area (Å²) in [5.74, 6) is 0.199. The molecule has 0 aliphatic carbocycles. The Morgan fingerprint density at radius 2 is 2.08 bits per heavy atom. The summed E-state index contributed by atoms with van der Waals surface area (Å²) in [5.41, 5.74) is 1.99. The average molecular weight is 357 g/mol. The highest BCUT2D eigenvalue weighted by Gasteiger charge is 2.31. The number of likely N-dealkylation sites (tertiary alicyclic amines) is 1. The molecule has 0 radical (unpaired) electrons. The Hall–Kier alpha value is -2.37. The topological polar surface area (TPSA) is 69.7 Å². The smallest absolute Gasteiger partial charge is 0.229 e. The molecule has 0 bridgehead atoms. The predicted molar refractivity (Wildman–Crippen MR) is 99.7 cm³/mol. The van der Waals surface area contributed by atoms with Gasteiger partial charge in [-0.15, -0.1) is 0 Å². The number of rotatable bonds is 6. The zero-order valence-electron chi connectivity index (χ0n) is 15.4. The van der Waals surface area contributed by atoms with Crippen LogP contribution in [0.3, 0.4) is 0 Å². The van der Waals surface area contributed by atoms with Crippen LogP contribution in [0.5, 0.6) is 0 Å². The Bertz CT molecular complexity index is 689. The Kier molecular flexibility index (Phi) is 5.91. The van der Waals surface area contributed by atoms with E-state index in [4.69, 9.17) is 0 Å². The highest BCUT2D eigenvalue weighted by Crippen LogP contribution is 2.22. The van der Waals surface area contributed by atoms with Crippen molar-refractivity contribution in [1.82, 2.24) is 10.2 Å². The van der Waals surface area contributed by atoms with Crippen molar-refractivity contribution in [3.63, 3.8) is 0 Å². The highest BCUT2D eigenvalue weighted by molar-refractivity contribution is 5.96. The zero-order chi connectivity index (χ0) is 18.5. The van der Waals surface area contributed by atoms with Crippen LogP contribution in [0.2, 0.25) is 0 Å². The Balaban J connectivity index is 1.43. The van der Waals surface area contributed by atoms with Gasteiger partial charge in [0.25, 0.3) is 0 Å². The molecule has 6 nitrogen and oxygen atoms in total. The monoisotopic (exact) mass is 357 g/mol. The molecule has 2 heterocycles. The number of piperidine rings is 1. The van der Waals surface area contributed by atoms with E-state index in [0.717, 1.165) is 30.6 Å². The summed E-state index contributed by atoms with van der Waals surface area (Å²) in [5, 5.41) is 2.97. The summed E-state index contributed by atoms with van der Waals surface area (Å²) in [7, 11) is 0. The van der Waals surface area contributed by atoms with Crippen molar-refractivity contribution >= 4 is 23.4 Å². The summed E-state index contributed by atoms with van der Waals surface area (Å²) in [4.78, 5) is 39.8. The van der Waals surface area contributed by atoms with Gasteiger partial charge in [0.15, 0.2) is 0 Å². The van der Waals surface area contributed by atoms with Gasteiger partial charge in [-0.05, 0) is 43.9 Å². The molecule has 1 atom stereocenters. The van der Waals surface area contributed by atoms with Gasteiger partial charge < -0.3 is 15.1 Å². The van der Waals surface area contributed by atoms with E-state index in [-0.39, 0.29) is 23.8 Å². The second kappa shape index (κ2) is 8.34. The first-order valence-electron chi connectivity index (χ1n) is 9.47. The van der Waals surface area contributed by atoms with Gasteiger partial charge in [0, 0.05) is 44.6 Å². The molecule has 2 aliphatic rings. The summed E-state index contributed by atoms with van der Waals surface area (Å²) in [6.45, 7) is 3.96. The van der Waals surface area contributed by atoms with Crippen LogP contribution in [0.4, 0.5) is 5.69 Å². The van der Waals surface area contributed by atoms with Gasteiger partial charge in [-0.2, -0.15) is 0 Å². The number of amides is 3. The molecule has 2 saturated heterocycles. The van der Waals surface area contributed by atoms with E-state index in [1.165, 1.54) is 0 Å². The van der Waals surface area contributed by atoms with E-state index < -0.39 is 0 Å². The SMILES string of the molecule is Cc1cccc(N2CC(NC(=O)CCCN3CCCCC3=O)CC2=O)c1. The van der Waals surface area contributed by atoms with E-state index in [2.05, 4.69) is 5.32 Å². The lowest BCUT2D eigenvalue weighted by Gasteiger charge is -2.26. The first-order valence-corrected chi connectivity index (χ1v) is 9.47. The standard InChI is InChI=1S/C20H27N3O3/c1-15-6-4-7-17(12-15)23-14-16(13-20(23)26)21-18(24)8-5-11-22-10-3-2-9-19(22)25/h4,6-7,12,16H,2-3,5,8-11,13-14H2,1H3,(H,21,24). The van der Waals surface area contributed by atoms with Gasteiger partial charge in [-0.1, -0.05) is 12.1 Å². The first-order chi connectivity index (χ1) is 12.5. The number of hydrogen-bond acceptors (Lipinski definition) is 3. The van der Waals surface area contributed by atoms with Crippen molar-refractivity contribution < 1.29 is 14.4 Å². The fourth-order valence-corrected chi connectivity index (χ4v) is 3.68. The summed E-state index contributed by atoms with van der Waals surface area (Å²) < 4.78 is 0. The molecule has 0 aromatic heterocycles. The van der Waals surface area contributed by atoms with Crippen LogP contribution < -0.4 is 10.2 Å². The fourth-order valence-electron chi connectivity index (χ4n) is 3.68. The molecular weight excluding hydrogens is 330 g/mol. The van der Waals surface area contributed by atoms with Crippen molar-refractivity contribution in [1.29, 1.82) is 0 Å². The number of nitrogens with zero attached hydrogens (tertiary/aromatic N) is 2. The van der Waals surface area contributed by atoms with E-state index in [9.17, 15) is 14.4 Å². The van der Waals surface area contributed by atoms with Crippen LogP contribution in [-0.4, -0.2) is 48.3 Å². The maximum atomic E-state index is 12.3. The molecule has 3 rings (SSSR count). The Morgan fingerprint density at radius 3 is 2.85 bits per heavy atom. The second-order valence-corrected chi connectivity index (χ2v) is 7.25. The first kappa shape index (κ1) is 18.4. The quantitative estimate of drug-likeness (QED) is 0.847. The minimum atomic E-state index is -0.146. The molecule has 26 heavy (non-hydrogen) atoms. The minimum Gasteiger partial charge on any atom is -0.351 e. The molecule has 1 N–H and O–H groups in total. The predicted octanol–water partition coefficient (Wildman–Crippen LogP) is 2.01. The maximum absolute atomic E-state index is 12.3. The number of anilines is 1. The van der Waals surface area contributed by atoms with E-state index in [0.29, 0.717) is 38.8 Å². The third-order valence-corrected chi connectivity index (χ3v) is 5.06. The second-order valence-electron chi connectivity index (χ2n) is 7.25. The van der Waals surface area contributed by atoms with Crippen molar-refractivity contribution in [2.75, 3.05) is 24.5 Å². The van der Waals surface area contributed by atoms with Crippen molar-refractivity contribution in [2.45, 2.75) is 51.5 Å². The number of aryl methyl sites for hydroxylation is 1. The third kappa shape index (κ3) is 4.62. The van der Waals surface area contributed by atoms with Crippen molar-refractivity contribution in [2.24, 2.45) is 0 Å². The molecule has 1 unspecified atom stereocenters. The number of carbonyl (C=O) groups excluding carboxylic acids is 3. The van der Waals surface area contributed by atoms with Gasteiger partial charge in [0.05, 0.1) is 6.04 Å². The molecule has 1 aromatic carbocycles. The minimum absolute atomic E-state index is 0.0415. The number of nitrogens with one attached hydrogen (secondary N) is 1. The lowest BCUT2D eigenvalue weighted by molar-refractivity contribution is -0.133. The van der Waals surface area contributed by atoms with Crippen LogP contribution in [-0.2, 0) is 14.4 Å². The van der Waals surface area contributed by atoms with E-state index >= 15 is 0 Å². The molecule has 2 fully saturated rings. The largest absolute Gasteiger partial charge is 0.351 e. The fraction of sp³-hybridized carbons (Fsp3) is 0.550. The van der Waals surface area contributed by atoms with Crippen LogP contribution in [0.25, 0.3) is 0 Å². The number of carbonyl (C=O) groups is 3. The summed E-state index contributed by atoms with van der Waals surface area (Å²) in [6, 6.07) is 7.69.